The summed E-state index contributed by atoms with van der Waals surface area (Å²) in [4.78, 5) is 0. The highest BCUT2D eigenvalue weighted by Crippen LogP contribution is 2.23. The molecule has 1 aromatic carbocycles. The maximum Gasteiger partial charge on any atom is 0.123 e. The number of para-hydroxylation sites is 1. The molecule has 0 saturated heterocycles. The Hall–Kier alpha value is -1.10. The number of methoxy groups -OCH3 is 1. The van der Waals surface area contributed by atoms with Crippen molar-refractivity contribution in [2.24, 2.45) is 5.73 Å². The molecule has 1 rings (SSSR count). The minimum absolute atomic E-state index is 0.00829. The highest BCUT2D eigenvalue weighted by Gasteiger charge is 2.11. The number of rotatable bonds is 6. The van der Waals surface area contributed by atoms with Crippen molar-refractivity contribution in [2.45, 2.75) is 19.0 Å². The molecule has 0 bridgehead atoms. The van der Waals surface area contributed by atoms with Gasteiger partial charge in [0.25, 0.3) is 0 Å². The number of aliphatic hydroxyl groups excluding tert-OH is 1. The molecule has 0 saturated carbocycles. The average molecular weight is 224 g/mol. The molecule has 4 N–H and O–H groups in total. The van der Waals surface area contributed by atoms with Crippen LogP contribution in [0.5, 0.6) is 5.75 Å². The number of nitrogens with one attached hydrogen (secondary N) is 1. The predicted octanol–water partition coefficient (Wildman–Crippen LogP) is 0.665. The molecule has 0 aliphatic carbocycles. The van der Waals surface area contributed by atoms with Crippen LogP contribution in [-0.2, 0) is 0 Å². The largest absolute Gasteiger partial charge is 0.496 e. The topological polar surface area (TPSA) is 67.5 Å². The van der Waals surface area contributed by atoms with Gasteiger partial charge in [-0.25, -0.2) is 0 Å². The summed E-state index contributed by atoms with van der Waals surface area (Å²) in [7, 11) is 1.66. The van der Waals surface area contributed by atoms with E-state index in [9.17, 15) is 0 Å². The van der Waals surface area contributed by atoms with Crippen molar-refractivity contribution >= 4 is 0 Å². The Kier molecular flexibility index (Phi) is 5.25. The van der Waals surface area contributed by atoms with Gasteiger partial charge in [-0.1, -0.05) is 18.2 Å². The lowest BCUT2D eigenvalue weighted by Gasteiger charge is -2.18. The molecule has 16 heavy (non-hydrogen) atoms. The molecular weight excluding hydrogens is 204 g/mol. The highest BCUT2D eigenvalue weighted by molar-refractivity contribution is 5.35. The van der Waals surface area contributed by atoms with Crippen LogP contribution in [0.1, 0.15) is 18.5 Å². The number of hydrogen-bond acceptors (Lipinski definition) is 4. The summed E-state index contributed by atoms with van der Waals surface area (Å²) in [5, 5.41) is 12.1. The fourth-order valence-electron chi connectivity index (χ4n) is 1.53. The molecule has 0 heterocycles. The first-order valence-electron chi connectivity index (χ1n) is 5.41. The summed E-state index contributed by atoms with van der Waals surface area (Å²) >= 11 is 0. The van der Waals surface area contributed by atoms with E-state index < -0.39 is 0 Å². The molecule has 90 valence electrons. The van der Waals surface area contributed by atoms with Gasteiger partial charge in [0.05, 0.1) is 13.7 Å². The van der Waals surface area contributed by atoms with Crippen LogP contribution < -0.4 is 15.8 Å². The van der Waals surface area contributed by atoms with Crippen LogP contribution in [0.4, 0.5) is 0 Å². The Morgan fingerprint density at radius 2 is 2.12 bits per heavy atom. The first kappa shape index (κ1) is 13.0. The van der Waals surface area contributed by atoms with Gasteiger partial charge < -0.3 is 20.9 Å². The third-order valence-corrected chi connectivity index (χ3v) is 2.53. The van der Waals surface area contributed by atoms with Gasteiger partial charge in [-0.2, -0.15) is 0 Å². The second-order valence-corrected chi connectivity index (χ2v) is 3.81. The zero-order chi connectivity index (χ0) is 12.0. The molecule has 0 aromatic heterocycles. The van der Waals surface area contributed by atoms with Crippen LogP contribution >= 0.6 is 0 Å². The van der Waals surface area contributed by atoms with E-state index in [1.807, 2.05) is 31.2 Å². The predicted molar refractivity (Wildman–Crippen MR) is 64.5 cm³/mol. The Morgan fingerprint density at radius 3 is 2.75 bits per heavy atom. The van der Waals surface area contributed by atoms with Gasteiger partial charge in [-0.05, 0) is 13.0 Å². The SMILES string of the molecule is COc1ccccc1[C@H](C)NC[C@@H](N)CO. The van der Waals surface area contributed by atoms with E-state index in [1.54, 1.807) is 7.11 Å². The normalized spacial score (nSPS) is 14.5. The van der Waals surface area contributed by atoms with Gasteiger partial charge in [0.1, 0.15) is 5.75 Å². The van der Waals surface area contributed by atoms with Gasteiger partial charge in [0, 0.05) is 24.2 Å². The van der Waals surface area contributed by atoms with Gasteiger partial charge >= 0.3 is 0 Å². The summed E-state index contributed by atoms with van der Waals surface area (Å²) in [6.45, 7) is 2.61. The van der Waals surface area contributed by atoms with E-state index in [1.165, 1.54) is 0 Å². The quantitative estimate of drug-likeness (QED) is 0.664. The summed E-state index contributed by atoms with van der Waals surface area (Å²) in [6.07, 6.45) is 0. The molecule has 0 aliphatic rings. The molecule has 0 radical (unpaired) electrons. The smallest absolute Gasteiger partial charge is 0.123 e. The lowest BCUT2D eigenvalue weighted by atomic mass is 10.1. The van der Waals surface area contributed by atoms with Crippen LogP contribution in [0.2, 0.25) is 0 Å². The van der Waals surface area contributed by atoms with E-state index in [-0.39, 0.29) is 18.7 Å². The summed E-state index contributed by atoms with van der Waals surface area (Å²) in [5.41, 5.74) is 6.72. The van der Waals surface area contributed by atoms with Gasteiger partial charge in [-0.3, -0.25) is 0 Å². The van der Waals surface area contributed by atoms with E-state index in [2.05, 4.69) is 5.32 Å². The van der Waals surface area contributed by atoms with E-state index in [0.717, 1.165) is 11.3 Å². The number of nitrogens with two attached hydrogens (primary N) is 1. The molecular formula is C12H20N2O2. The fourth-order valence-corrected chi connectivity index (χ4v) is 1.53. The molecule has 0 unspecified atom stereocenters. The zero-order valence-electron chi connectivity index (χ0n) is 9.81. The first-order chi connectivity index (χ1) is 7.69. The van der Waals surface area contributed by atoms with Crippen molar-refractivity contribution in [1.82, 2.24) is 5.32 Å². The fraction of sp³-hybridized carbons (Fsp3) is 0.500. The number of hydrogen-bond donors (Lipinski definition) is 3. The lowest BCUT2D eigenvalue weighted by Crippen LogP contribution is -2.37. The molecule has 4 heteroatoms. The third-order valence-electron chi connectivity index (χ3n) is 2.53. The number of aliphatic hydroxyl groups is 1. The average Bonchev–Trinajstić information content (AvgIpc) is 2.35. The minimum atomic E-state index is -0.225. The van der Waals surface area contributed by atoms with Crippen LogP contribution in [0.3, 0.4) is 0 Å². The second-order valence-electron chi connectivity index (χ2n) is 3.81. The Morgan fingerprint density at radius 1 is 1.44 bits per heavy atom. The zero-order valence-corrected chi connectivity index (χ0v) is 9.81. The third kappa shape index (κ3) is 3.48. The molecule has 4 nitrogen and oxygen atoms in total. The van der Waals surface area contributed by atoms with Crippen molar-refractivity contribution in [1.29, 1.82) is 0 Å². The molecule has 0 fully saturated rings. The lowest BCUT2D eigenvalue weighted by molar-refractivity contribution is 0.259. The number of benzene rings is 1. The minimum Gasteiger partial charge on any atom is -0.496 e. The maximum absolute atomic E-state index is 8.83. The van der Waals surface area contributed by atoms with E-state index in [0.29, 0.717) is 6.54 Å². The Labute approximate surface area is 96.4 Å². The Balaban J connectivity index is 2.61. The van der Waals surface area contributed by atoms with Crippen LogP contribution in [-0.4, -0.2) is 31.4 Å². The van der Waals surface area contributed by atoms with Gasteiger partial charge in [0.15, 0.2) is 0 Å². The van der Waals surface area contributed by atoms with Gasteiger partial charge in [0.2, 0.25) is 0 Å². The first-order valence-corrected chi connectivity index (χ1v) is 5.41. The standard InChI is InChI=1S/C12H20N2O2/c1-9(14-7-10(13)8-15)11-5-3-4-6-12(11)16-2/h3-6,9-10,14-15H,7-8,13H2,1-2H3/t9-,10+/m0/s1. The van der Waals surface area contributed by atoms with Crippen LogP contribution in [0.25, 0.3) is 0 Å². The van der Waals surface area contributed by atoms with E-state index in [4.69, 9.17) is 15.6 Å². The highest BCUT2D eigenvalue weighted by atomic mass is 16.5. The summed E-state index contributed by atoms with van der Waals surface area (Å²) in [5.74, 6) is 0.861. The van der Waals surface area contributed by atoms with Crippen molar-refractivity contribution in [3.63, 3.8) is 0 Å². The van der Waals surface area contributed by atoms with E-state index >= 15 is 0 Å². The molecule has 2 atom stereocenters. The van der Waals surface area contributed by atoms with Crippen LogP contribution in [0, 0.1) is 0 Å². The summed E-state index contributed by atoms with van der Waals surface area (Å²) < 4.78 is 5.28. The van der Waals surface area contributed by atoms with Gasteiger partial charge in [-0.15, -0.1) is 0 Å². The van der Waals surface area contributed by atoms with Crippen molar-refractivity contribution < 1.29 is 9.84 Å². The van der Waals surface area contributed by atoms with Crippen molar-refractivity contribution in [2.75, 3.05) is 20.3 Å². The second kappa shape index (κ2) is 6.48. The summed E-state index contributed by atoms with van der Waals surface area (Å²) in [6, 6.07) is 7.78. The molecule has 0 amide bonds. The van der Waals surface area contributed by atoms with Crippen molar-refractivity contribution in [3.8, 4) is 5.75 Å². The molecule has 0 aliphatic heterocycles. The van der Waals surface area contributed by atoms with Crippen LogP contribution in [0.15, 0.2) is 24.3 Å². The maximum atomic E-state index is 8.83. The molecule has 0 spiro atoms. The van der Waals surface area contributed by atoms with Crippen molar-refractivity contribution in [3.05, 3.63) is 29.8 Å². The number of ether oxygens (including phenoxy) is 1. The Bertz CT molecular complexity index is 318. The monoisotopic (exact) mass is 224 g/mol. The molecule has 1 aromatic rings.